The van der Waals surface area contributed by atoms with E-state index in [1.165, 1.54) is 12.1 Å². The number of allylic oxidation sites excluding steroid dienone is 2. The summed E-state index contributed by atoms with van der Waals surface area (Å²) in [5.41, 5.74) is -0.361. The second-order valence-electron chi connectivity index (χ2n) is 6.75. The van der Waals surface area contributed by atoms with Crippen molar-refractivity contribution in [1.29, 1.82) is 0 Å². The third-order valence-electron chi connectivity index (χ3n) is 5.04. The Bertz CT molecular complexity index is 786. The average molecular weight is 366 g/mol. The molecule has 26 heavy (non-hydrogen) atoms. The lowest BCUT2D eigenvalue weighted by Gasteiger charge is -2.27. The Morgan fingerprint density at radius 1 is 0.769 bits per heavy atom. The van der Waals surface area contributed by atoms with Gasteiger partial charge in [0.25, 0.3) is 0 Å². The van der Waals surface area contributed by atoms with Crippen molar-refractivity contribution in [3.8, 4) is 11.1 Å². The van der Waals surface area contributed by atoms with Gasteiger partial charge in [-0.3, -0.25) is 0 Å². The lowest BCUT2D eigenvalue weighted by Crippen LogP contribution is -2.12. The molecule has 0 unspecified atom stereocenters. The van der Waals surface area contributed by atoms with E-state index in [2.05, 4.69) is 6.08 Å². The molecule has 2 aromatic carbocycles. The third-order valence-corrected chi connectivity index (χ3v) is 5.04. The van der Waals surface area contributed by atoms with Crippen molar-refractivity contribution in [1.82, 2.24) is 0 Å². The molecule has 0 N–H and O–H groups in total. The maximum Gasteiger partial charge on any atom is 0.194 e. The Hall–Kier alpha value is -2.17. The summed E-state index contributed by atoms with van der Waals surface area (Å²) in [6.07, 6.45) is 7.72. The average Bonchev–Trinajstić information content (AvgIpc) is 2.60. The van der Waals surface area contributed by atoms with E-state index in [9.17, 15) is 22.0 Å². The van der Waals surface area contributed by atoms with Crippen molar-refractivity contribution in [2.24, 2.45) is 5.92 Å². The summed E-state index contributed by atoms with van der Waals surface area (Å²) in [7, 11) is 0. The molecule has 0 amide bonds. The zero-order valence-corrected chi connectivity index (χ0v) is 14.3. The molecule has 0 aromatic heterocycles. The van der Waals surface area contributed by atoms with Crippen LogP contribution in [0.1, 0.15) is 44.1 Å². The number of rotatable bonds is 3. The fourth-order valence-corrected chi connectivity index (χ4v) is 3.72. The molecule has 0 aliphatic heterocycles. The summed E-state index contributed by atoms with van der Waals surface area (Å²) < 4.78 is 68.9. The van der Waals surface area contributed by atoms with E-state index < -0.39 is 34.6 Å². The molecule has 0 heterocycles. The van der Waals surface area contributed by atoms with Crippen LogP contribution < -0.4 is 0 Å². The normalized spacial score (nSPS) is 20.7. The van der Waals surface area contributed by atoms with Crippen molar-refractivity contribution in [3.05, 3.63) is 71.1 Å². The minimum absolute atomic E-state index is 0.0521. The second-order valence-corrected chi connectivity index (χ2v) is 6.75. The van der Waals surface area contributed by atoms with E-state index in [0.29, 0.717) is 23.6 Å². The molecule has 3 rings (SSSR count). The van der Waals surface area contributed by atoms with Gasteiger partial charge in [0, 0.05) is 0 Å². The number of hydrogen-bond donors (Lipinski definition) is 0. The van der Waals surface area contributed by atoms with Crippen LogP contribution in [0.25, 0.3) is 11.1 Å². The lowest BCUT2D eigenvalue weighted by molar-refractivity contribution is 0.374. The fourth-order valence-electron chi connectivity index (χ4n) is 3.72. The molecule has 1 aliphatic carbocycles. The summed E-state index contributed by atoms with van der Waals surface area (Å²) in [5.74, 6) is -5.88. The molecule has 5 heteroatoms. The van der Waals surface area contributed by atoms with Gasteiger partial charge in [-0.2, -0.15) is 0 Å². The number of hydrogen-bond acceptors (Lipinski definition) is 0. The van der Waals surface area contributed by atoms with Gasteiger partial charge in [0.2, 0.25) is 0 Å². The second kappa shape index (κ2) is 7.60. The topological polar surface area (TPSA) is 0 Å². The van der Waals surface area contributed by atoms with Gasteiger partial charge in [0.1, 0.15) is 11.6 Å². The Morgan fingerprint density at radius 2 is 1.31 bits per heavy atom. The van der Waals surface area contributed by atoms with Crippen molar-refractivity contribution in [2.75, 3.05) is 0 Å². The van der Waals surface area contributed by atoms with Crippen LogP contribution in [0.4, 0.5) is 22.0 Å². The quantitative estimate of drug-likeness (QED) is 0.315. The molecule has 0 atom stereocenters. The predicted molar refractivity (Wildman–Crippen MR) is 91.2 cm³/mol. The van der Waals surface area contributed by atoms with Crippen LogP contribution in [0.5, 0.6) is 0 Å². The third kappa shape index (κ3) is 3.67. The minimum atomic E-state index is -1.66. The molecule has 138 valence electrons. The predicted octanol–water partition coefficient (Wildman–Crippen LogP) is 6.90. The summed E-state index contributed by atoms with van der Waals surface area (Å²) in [5, 5.41) is 0. The smallest absolute Gasteiger partial charge is 0.194 e. The summed E-state index contributed by atoms with van der Waals surface area (Å²) in [6.45, 7) is 1.97. The van der Waals surface area contributed by atoms with Gasteiger partial charge in [-0.1, -0.05) is 12.2 Å². The van der Waals surface area contributed by atoms with E-state index in [0.717, 1.165) is 25.7 Å². The van der Waals surface area contributed by atoms with E-state index in [-0.39, 0.29) is 11.5 Å². The van der Waals surface area contributed by atoms with Crippen LogP contribution in [0, 0.1) is 35.0 Å². The van der Waals surface area contributed by atoms with Gasteiger partial charge in [-0.15, -0.1) is 0 Å². The highest BCUT2D eigenvalue weighted by molar-refractivity contribution is 5.65. The molecule has 0 radical (unpaired) electrons. The molecular formula is C21H19F5. The van der Waals surface area contributed by atoms with Gasteiger partial charge < -0.3 is 0 Å². The molecule has 0 saturated heterocycles. The first-order chi connectivity index (χ1) is 12.4. The first kappa shape index (κ1) is 18.6. The van der Waals surface area contributed by atoms with Crippen LogP contribution in [-0.2, 0) is 0 Å². The Labute approximate surface area is 149 Å². The van der Waals surface area contributed by atoms with Crippen LogP contribution >= 0.6 is 0 Å². The van der Waals surface area contributed by atoms with E-state index in [4.69, 9.17) is 0 Å². The fraction of sp³-hybridized carbons (Fsp3) is 0.333. The molecule has 0 bridgehead atoms. The van der Waals surface area contributed by atoms with Gasteiger partial charge in [-0.25, -0.2) is 22.0 Å². The molecular weight excluding hydrogens is 347 g/mol. The van der Waals surface area contributed by atoms with Gasteiger partial charge >= 0.3 is 0 Å². The Kier molecular flexibility index (Phi) is 5.44. The molecule has 0 spiro atoms. The van der Waals surface area contributed by atoms with Crippen molar-refractivity contribution in [2.45, 2.75) is 38.5 Å². The molecule has 1 fully saturated rings. The van der Waals surface area contributed by atoms with Crippen molar-refractivity contribution < 1.29 is 22.0 Å². The molecule has 1 aliphatic rings. The van der Waals surface area contributed by atoms with Crippen molar-refractivity contribution in [3.63, 3.8) is 0 Å². The highest BCUT2D eigenvalue weighted by Crippen LogP contribution is 2.38. The van der Waals surface area contributed by atoms with E-state index in [1.807, 2.05) is 13.0 Å². The first-order valence-electron chi connectivity index (χ1n) is 8.67. The maximum absolute atomic E-state index is 14.5. The zero-order chi connectivity index (χ0) is 18.8. The summed E-state index contributed by atoms with van der Waals surface area (Å²) in [4.78, 5) is 0. The van der Waals surface area contributed by atoms with Crippen LogP contribution in [0.3, 0.4) is 0 Å². The van der Waals surface area contributed by atoms with E-state index in [1.54, 1.807) is 0 Å². The van der Waals surface area contributed by atoms with Gasteiger partial charge in [-0.05, 0) is 79.8 Å². The Morgan fingerprint density at radius 3 is 1.81 bits per heavy atom. The van der Waals surface area contributed by atoms with Crippen LogP contribution in [0.2, 0.25) is 0 Å². The first-order valence-corrected chi connectivity index (χ1v) is 8.67. The van der Waals surface area contributed by atoms with E-state index >= 15 is 0 Å². The highest BCUT2D eigenvalue weighted by atomic mass is 19.2. The number of halogens is 5. The van der Waals surface area contributed by atoms with Gasteiger partial charge in [0.05, 0.1) is 5.56 Å². The number of benzene rings is 2. The van der Waals surface area contributed by atoms with Gasteiger partial charge in [0.15, 0.2) is 17.5 Å². The molecule has 2 aromatic rings. The van der Waals surface area contributed by atoms with Crippen LogP contribution in [0.15, 0.2) is 36.4 Å². The monoisotopic (exact) mass is 366 g/mol. The summed E-state index contributed by atoms with van der Waals surface area (Å²) >= 11 is 0. The maximum atomic E-state index is 14.5. The SMILES string of the molecule is C/C=C/C1CCC(c2cc(F)c(-c3cc(F)c(F)c(F)c3)c(F)c2)CC1. The zero-order valence-electron chi connectivity index (χ0n) is 14.3. The largest absolute Gasteiger partial charge is 0.206 e. The lowest BCUT2D eigenvalue weighted by atomic mass is 9.78. The summed E-state index contributed by atoms with van der Waals surface area (Å²) in [6, 6.07) is 3.64. The Balaban J connectivity index is 1.90. The van der Waals surface area contributed by atoms with Crippen molar-refractivity contribution >= 4 is 0 Å². The molecule has 1 saturated carbocycles. The molecule has 0 nitrogen and oxygen atoms in total. The standard InChI is InChI=1S/C21H19F5/c1-2-3-12-4-6-13(7-5-12)14-8-16(22)20(17(23)9-14)15-10-18(24)21(26)19(25)11-15/h2-3,8-13H,4-7H2,1H3/b3-2+. The van der Waals surface area contributed by atoms with Crippen LogP contribution in [-0.4, -0.2) is 0 Å². The minimum Gasteiger partial charge on any atom is -0.206 e. The highest BCUT2D eigenvalue weighted by Gasteiger charge is 2.24.